The van der Waals surface area contributed by atoms with E-state index in [1.54, 1.807) is 11.3 Å². The lowest BCUT2D eigenvalue weighted by Crippen LogP contribution is -2.01. The number of thiophene rings is 1. The van der Waals surface area contributed by atoms with Gasteiger partial charge < -0.3 is 0 Å². The van der Waals surface area contributed by atoms with Crippen LogP contribution in [0.3, 0.4) is 0 Å². The second-order valence-corrected chi connectivity index (χ2v) is 5.34. The molecule has 0 unspecified atom stereocenters. The molecule has 1 aromatic rings. The largest absolute Gasteiger partial charge is 0.299 e. The molecule has 1 nitrogen and oxygen atoms in total. The molecule has 1 aliphatic rings. The summed E-state index contributed by atoms with van der Waals surface area (Å²) in [5.41, 5.74) is 0. The predicted octanol–water partition coefficient (Wildman–Crippen LogP) is 3.22. The summed E-state index contributed by atoms with van der Waals surface area (Å²) >= 11 is 1.79. The monoisotopic (exact) mass is 208 g/mol. The van der Waals surface area contributed by atoms with Gasteiger partial charge in [-0.15, -0.1) is 11.3 Å². The summed E-state index contributed by atoms with van der Waals surface area (Å²) in [7, 11) is 0. The molecule has 0 N–H and O–H groups in total. The summed E-state index contributed by atoms with van der Waals surface area (Å²) in [4.78, 5) is 14.2. The van der Waals surface area contributed by atoms with Crippen molar-refractivity contribution < 1.29 is 4.79 Å². The van der Waals surface area contributed by atoms with E-state index in [9.17, 15) is 4.79 Å². The first-order valence-corrected chi connectivity index (χ1v) is 6.19. The second kappa shape index (κ2) is 4.26. The number of hydrogen-bond acceptors (Lipinski definition) is 2. The quantitative estimate of drug-likeness (QED) is 0.726. The Morgan fingerprint density at radius 3 is 2.71 bits per heavy atom. The van der Waals surface area contributed by atoms with E-state index < -0.39 is 0 Å². The van der Waals surface area contributed by atoms with Crippen LogP contribution in [0.25, 0.3) is 0 Å². The molecule has 0 atom stereocenters. The van der Waals surface area contributed by atoms with E-state index >= 15 is 0 Å². The third-order valence-electron chi connectivity index (χ3n) is 2.65. The van der Waals surface area contributed by atoms with Crippen LogP contribution < -0.4 is 0 Å². The van der Waals surface area contributed by atoms with Crippen molar-refractivity contribution in [1.29, 1.82) is 0 Å². The summed E-state index contributed by atoms with van der Waals surface area (Å²) in [5.74, 6) is 1.16. The molecule has 0 spiro atoms. The molecule has 2 heteroatoms. The molecule has 0 amide bonds. The molecular formula is C12H16OS. The van der Waals surface area contributed by atoms with E-state index in [4.69, 9.17) is 0 Å². The minimum absolute atomic E-state index is 0.428. The lowest BCUT2D eigenvalue weighted by molar-refractivity contribution is -0.118. The molecule has 1 fully saturated rings. The molecule has 1 aliphatic carbocycles. The molecule has 0 aliphatic heterocycles. The summed E-state index contributed by atoms with van der Waals surface area (Å²) in [6.07, 6.45) is 5.12. The summed E-state index contributed by atoms with van der Waals surface area (Å²) in [6.45, 7) is 2.15. The van der Waals surface area contributed by atoms with Crippen molar-refractivity contribution in [2.45, 2.75) is 39.0 Å². The van der Waals surface area contributed by atoms with Gasteiger partial charge in [0.25, 0.3) is 0 Å². The van der Waals surface area contributed by atoms with Gasteiger partial charge in [-0.25, -0.2) is 0 Å². The SMILES string of the molecule is CCc1ccc(CC(=O)CC2CC2)s1. The van der Waals surface area contributed by atoms with Gasteiger partial charge in [-0.3, -0.25) is 4.79 Å². The molecule has 1 heterocycles. The smallest absolute Gasteiger partial charge is 0.138 e. The van der Waals surface area contributed by atoms with E-state index in [0.29, 0.717) is 12.2 Å². The van der Waals surface area contributed by atoms with Crippen molar-refractivity contribution in [3.8, 4) is 0 Å². The highest BCUT2D eigenvalue weighted by atomic mass is 32.1. The standard InChI is InChI=1S/C12H16OS/c1-2-11-5-6-12(14-11)8-10(13)7-9-3-4-9/h5-6,9H,2-4,7-8H2,1H3. The average Bonchev–Trinajstić information content (AvgIpc) is 2.83. The number of hydrogen-bond donors (Lipinski definition) is 0. The fourth-order valence-electron chi connectivity index (χ4n) is 1.62. The Morgan fingerprint density at radius 2 is 2.14 bits per heavy atom. The molecule has 14 heavy (non-hydrogen) atoms. The van der Waals surface area contributed by atoms with Crippen molar-refractivity contribution in [3.63, 3.8) is 0 Å². The number of ketones is 1. The molecule has 0 saturated heterocycles. The number of Topliss-reactive ketones (excluding diaryl/α,β-unsaturated/α-hetero) is 1. The van der Waals surface area contributed by atoms with Gasteiger partial charge in [-0.05, 0) is 37.3 Å². The minimum Gasteiger partial charge on any atom is -0.299 e. The molecule has 1 aromatic heterocycles. The van der Waals surface area contributed by atoms with Gasteiger partial charge >= 0.3 is 0 Å². The average molecular weight is 208 g/mol. The molecule has 0 radical (unpaired) electrons. The van der Waals surface area contributed by atoms with Crippen molar-refractivity contribution in [3.05, 3.63) is 21.9 Å². The zero-order valence-corrected chi connectivity index (χ0v) is 9.40. The highest BCUT2D eigenvalue weighted by Gasteiger charge is 2.24. The van der Waals surface area contributed by atoms with Crippen LogP contribution in [0.1, 0.15) is 35.9 Å². The van der Waals surface area contributed by atoms with Gasteiger partial charge in [0.1, 0.15) is 5.78 Å². The molecule has 1 saturated carbocycles. The Bertz CT molecular complexity index is 323. The number of rotatable bonds is 5. The van der Waals surface area contributed by atoms with Crippen LogP contribution in [0, 0.1) is 5.92 Å². The van der Waals surface area contributed by atoms with Gasteiger partial charge in [-0.2, -0.15) is 0 Å². The topological polar surface area (TPSA) is 17.1 Å². The van der Waals surface area contributed by atoms with E-state index in [2.05, 4.69) is 19.1 Å². The van der Waals surface area contributed by atoms with Crippen LogP contribution in [0.5, 0.6) is 0 Å². The number of aryl methyl sites for hydroxylation is 1. The molecule has 0 aromatic carbocycles. The summed E-state index contributed by atoms with van der Waals surface area (Å²) in [6, 6.07) is 4.25. The van der Waals surface area contributed by atoms with Crippen molar-refractivity contribution in [2.75, 3.05) is 0 Å². The van der Waals surface area contributed by atoms with Crippen LogP contribution in [0.2, 0.25) is 0 Å². The maximum Gasteiger partial charge on any atom is 0.138 e. The Labute approximate surface area is 89.1 Å². The fourth-order valence-corrected chi connectivity index (χ4v) is 2.60. The van der Waals surface area contributed by atoms with Crippen molar-refractivity contribution in [1.82, 2.24) is 0 Å². The van der Waals surface area contributed by atoms with Gasteiger partial charge in [0.2, 0.25) is 0 Å². The lowest BCUT2D eigenvalue weighted by atomic mass is 10.1. The maximum absolute atomic E-state index is 11.6. The Balaban J connectivity index is 1.85. The number of carbonyl (C=O) groups excluding carboxylic acids is 1. The predicted molar refractivity (Wildman–Crippen MR) is 59.7 cm³/mol. The summed E-state index contributed by atoms with van der Waals surface area (Å²) in [5, 5.41) is 0. The van der Waals surface area contributed by atoms with Crippen molar-refractivity contribution in [2.24, 2.45) is 5.92 Å². The third-order valence-corrected chi connectivity index (χ3v) is 3.88. The van der Waals surface area contributed by atoms with E-state index in [-0.39, 0.29) is 0 Å². The zero-order chi connectivity index (χ0) is 9.97. The Hall–Kier alpha value is -0.630. The number of carbonyl (C=O) groups is 1. The van der Waals surface area contributed by atoms with Crippen LogP contribution in [0.4, 0.5) is 0 Å². The minimum atomic E-state index is 0.428. The lowest BCUT2D eigenvalue weighted by Gasteiger charge is -1.95. The van der Waals surface area contributed by atoms with Crippen LogP contribution in [-0.4, -0.2) is 5.78 Å². The van der Waals surface area contributed by atoms with E-state index in [1.807, 2.05) is 0 Å². The van der Waals surface area contributed by atoms with E-state index in [1.165, 1.54) is 22.6 Å². The Morgan fingerprint density at radius 1 is 1.43 bits per heavy atom. The zero-order valence-electron chi connectivity index (χ0n) is 8.58. The van der Waals surface area contributed by atoms with Crippen LogP contribution in [-0.2, 0) is 17.6 Å². The highest BCUT2D eigenvalue weighted by Crippen LogP contribution is 2.33. The van der Waals surface area contributed by atoms with E-state index in [0.717, 1.165) is 18.8 Å². The molecule has 2 rings (SSSR count). The molecule has 76 valence electrons. The van der Waals surface area contributed by atoms with Gasteiger partial charge in [0.05, 0.1) is 0 Å². The van der Waals surface area contributed by atoms with Gasteiger partial charge in [0, 0.05) is 22.6 Å². The first-order valence-electron chi connectivity index (χ1n) is 5.37. The third kappa shape index (κ3) is 2.68. The van der Waals surface area contributed by atoms with Crippen LogP contribution >= 0.6 is 11.3 Å². The van der Waals surface area contributed by atoms with Crippen LogP contribution in [0.15, 0.2) is 12.1 Å². The highest BCUT2D eigenvalue weighted by molar-refractivity contribution is 7.12. The second-order valence-electron chi connectivity index (χ2n) is 4.08. The van der Waals surface area contributed by atoms with Gasteiger partial charge in [0.15, 0.2) is 0 Å². The molecular weight excluding hydrogens is 192 g/mol. The van der Waals surface area contributed by atoms with Gasteiger partial charge in [-0.1, -0.05) is 6.92 Å². The first kappa shape index (κ1) is 9.91. The summed E-state index contributed by atoms with van der Waals surface area (Å²) < 4.78 is 0. The first-order chi connectivity index (χ1) is 6.78. The molecule has 0 bridgehead atoms. The maximum atomic E-state index is 11.6. The normalized spacial score (nSPS) is 15.8. The Kier molecular flexibility index (Phi) is 3.02. The van der Waals surface area contributed by atoms with Crippen molar-refractivity contribution >= 4 is 17.1 Å². The fraction of sp³-hybridized carbons (Fsp3) is 0.583.